The van der Waals surface area contributed by atoms with E-state index in [1.165, 1.54) is 49.7 Å². The van der Waals surface area contributed by atoms with E-state index in [2.05, 4.69) is 102 Å². The number of para-hydroxylation sites is 2. The number of nitrogens with zero attached hydrogens (tertiary/aromatic N) is 1. The van der Waals surface area contributed by atoms with E-state index >= 15 is 0 Å². The number of aryl methyl sites for hydroxylation is 1. The molecule has 0 radical (unpaired) electrons. The van der Waals surface area contributed by atoms with Crippen molar-refractivity contribution >= 4 is 38.8 Å². The monoisotopic (exact) mass is 350 g/mol. The lowest BCUT2D eigenvalue weighted by Crippen LogP contribution is -1.97. The van der Waals surface area contributed by atoms with Gasteiger partial charge in [0.15, 0.2) is 0 Å². The minimum Gasteiger partial charge on any atom is -0.354 e. The predicted octanol–water partition coefficient (Wildman–Crippen LogP) is 6.86. The molecule has 0 amide bonds. The molecule has 0 spiro atoms. The smallest absolute Gasteiger partial charge is 0.0558 e. The zero-order chi connectivity index (χ0) is 18.4. The minimum absolute atomic E-state index is 1.00. The molecule has 2 aromatic heterocycles. The Labute approximate surface area is 158 Å². The van der Waals surface area contributed by atoms with Crippen molar-refractivity contribution < 1.29 is 0 Å². The van der Waals surface area contributed by atoms with Crippen molar-refractivity contribution in [1.82, 2.24) is 9.55 Å². The van der Waals surface area contributed by atoms with Gasteiger partial charge < -0.3 is 9.55 Å². The number of hydrogen-bond acceptors (Lipinski definition) is 0. The molecule has 1 N–H and O–H groups in total. The lowest BCUT2D eigenvalue weighted by atomic mass is 10.0. The van der Waals surface area contributed by atoms with E-state index in [9.17, 15) is 0 Å². The summed E-state index contributed by atoms with van der Waals surface area (Å²) in [5.41, 5.74) is 7.51. The SMILES string of the molecule is C/C=C\c1c(CC)c2cc3c(cc2n1-c1ccccc1)[nH]c1ccccc13. The summed E-state index contributed by atoms with van der Waals surface area (Å²) in [7, 11) is 0. The third-order valence-corrected chi connectivity index (χ3v) is 5.43. The van der Waals surface area contributed by atoms with E-state index < -0.39 is 0 Å². The zero-order valence-electron chi connectivity index (χ0n) is 15.7. The molecule has 0 aliphatic rings. The summed E-state index contributed by atoms with van der Waals surface area (Å²) in [6.45, 7) is 4.33. The molecule has 2 nitrogen and oxygen atoms in total. The molecule has 5 aromatic rings. The normalized spacial score (nSPS) is 12.1. The number of allylic oxidation sites excluding steroid dienone is 1. The Morgan fingerprint density at radius 2 is 1.63 bits per heavy atom. The van der Waals surface area contributed by atoms with Gasteiger partial charge in [0, 0.05) is 38.6 Å². The van der Waals surface area contributed by atoms with Crippen LogP contribution in [0, 0.1) is 0 Å². The van der Waals surface area contributed by atoms with Gasteiger partial charge in [-0.1, -0.05) is 49.4 Å². The Kier molecular flexibility index (Phi) is 3.64. The minimum atomic E-state index is 1.00. The van der Waals surface area contributed by atoms with Gasteiger partial charge in [0.2, 0.25) is 0 Å². The van der Waals surface area contributed by atoms with Crippen LogP contribution in [0.3, 0.4) is 0 Å². The fraction of sp³-hybridized carbons (Fsp3) is 0.120. The average molecular weight is 350 g/mol. The van der Waals surface area contributed by atoms with Crippen LogP contribution in [0.4, 0.5) is 0 Å². The highest BCUT2D eigenvalue weighted by Crippen LogP contribution is 2.36. The Bertz CT molecular complexity index is 1300. The average Bonchev–Trinajstić information content (AvgIpc) is 3.21. The molecule has 2 heterocycles. The van der Waals surface area contributed by atoms with Crippen molar-refractivity contribution in [2.24, 2.45) is 0 Å². The van der Waals surface area contributed by atoms with Crippen LogP contribution in [0.2, 0.25) is 0 Å². The number of nitrogens with one attached hydrogen (secondary N) is 1. The van der Waals surface area contributed by atoms with Crippen LogP contribution in [0.1, 0.15) is 25.1 Å². The highest BCUT2D eigenvalue weighted by Gasteiger charge is 2.17. The molecule has 27 heavy (non-hydrogen) atoms. The van der Waals surface area contributed by atoms with Gasteiger partial charge in [-0.15, -0.1) is 0 Å². The Balaban J connectivity index is 1.97. The molecular weight excluding hydrogens is 328 g/mol. The lowest BCUT2D eigenvalue weighted by Gasteiger charge is -2.09. The summed E-state index contributed by atoms with van der Waals surface area (Å²) in [5.74, 6) is 0. The van der Waals surface area contributed by atoms with Gasteiger partial charge in [0.05, 0.1) is 5.52 Å². The van der Waals surface area contributed by atoms with Crippen molar-refractivity contribution in [3.05, 3.63) is 84.1 Å². The van der Waals surface area contributed by atoms with Crippen LogP contribution >= 0.6 is 0 Å². The molecule has 0 saturated carbocycles. The molecule has 3 aromatic carbocycles. The van der Waals surface area contributed by atoms with Gasteiger partial charge in [-0.2, -0.15) is 0 Å². The number of fused-ring (bicyclic) bond motifs is 4. The van der Waals surface area contributed by atoms with Crippen LogP contribution in [-0.4, -0.2) is 9.55 Å². The number of hydrogen-bond donors (Lipinski definition) is 1. The first-order valence-corrected chi connectivity index (χ1v) is 9.57. The van der Waals surface area contributed by atoms with E-state index in [0.29, 0.717) is 0 Å². The quantitative estimate of drug-likeness (QED) is 0.367. The van der Waals surface area contributed by atoms with E-state index in [4.69, 9.17) is 0 Å². The fourth-order valence-electron chi connectivity index (χ4n) is 4.28. The summed E-state index contributed by atoms with van der Waals surface area (Å²) >= 11 is 0. The number of aromatic nitrogens is 2. The summed E-state index contributed by atoms with van der Waals surface area (Å²) in [6.07, 6.45) is 5.37. The highest BCUT2D eigenvalue weighted by atomic mass is 15.0. The molecule has 0 unspecified atom stereocenters. The molecular formula is C25H22N2. The largest absolute Gasteiger partial charge is 0.354 e. The molecule has 0 bridgehead atoms. The van der Waals surface area contributed by atoms with E-state index in [1.807, 2.05) is 0 Å². The Hall–Kier alpha value is -3.26. The topological polar surface area (TPSA) is 20.7 Å². The first-order valence-electron chi connectivity index (χ1n) is 9.57. The Morgan fingerprint density at radius 1 is 0.852 bits per heavy atom. The van der Waals surface area contributed by atoms with Crippen molar-refractivity contribution in [2.45, 2.75) is 20.3 Å². The molecule has 0 aliphatic heterocycles. The van der Waals surface area contributed by atoms with Crippen molar-refractivity contribution in [3.8, 4) is 5.69 Å². The van der Waals surface area contributed by atoms with Crippen LogP contribution in [0.25, 0.3) is 44.5 Å². The summed E-state index contributed by atoms with van der Waals surface area (Å²) in [6, 6.07) is 23.9. The summed E-state index contributed by atoms with van der Waals surface area (Å²) in [4.78, 5) is 3.60. The van der Waals surface area contributed by atoms with E-state index in [0.717, 1.165) is 6.42 Å². The molecule has 132 valence electrons. The third-order valence-electron chi connectivity index (χ3n) is 5.43. The third kappa shape index (κ3) is 2.33. The van der Waals surface area contributed by atoms with Gasteiger partial charge in [0.1, 0.15) is 0 Å². The first-order chi connectivity index (χ1) is 13.3. The van der Waals surface area contributed by atoms with Crippen molar-refractivity contribution in [2.75, 3.05) is 0 Å². The van der Waals surface area contributed by atoms with Crippen LogP contribution in [0.5, 0.6) is 0 Å². The second-order valence-corrected chi connectivity index (χ2v) is 6.97. The molecule has 5 rings (SSSR count). The molecule has 0 saturated heterocycles. The lowest BCUT2D eigenvalue weighted by molar-refractivity contribution is 1.06. The van der Waals surface area contributed by atoms with Crippen LogP contribution in [0.15, 0.2) is 72.8 Å². The number of rotatable bonds is 3. The van der Waals surface area contributed by atoms with Crippen LogP contribution in [-0.2, 0) is 6.42 Å². The summed E-state index contributed by atoms with van der Waals surface area (Å²) in [5, 5.41) is 3.92. The predicted molar refractivity (Wildman–Crippen MR) is 117 cm³/mol. The van der Waals surface area contributed by atoms with Gasteiger partial charge in [-0.05, 0) is 55.3 Å². The maximum Gasteiger partial charge on any atom is 0.0558 e. The van der Waals surface area contributed by atoms with E-state index in [1.54, 1.807) is 0 Å². The molecule has 0 aliphatic carbocycles. The number of aromatic amines is 1. The van der Waals surface area contributed by atoms with Gasteiger partial charge >= 0.3 is 0 Å². The number of benzene rings is 3. The molecule has 0 fully saturated rings. The first kappa shape index (κ1) is 16.0. The fourth-order valence-corrected chi connectivity index (χ4v) is 4.28. The number of H-pyrrole nitrogens is 1. The standard InChI is InChI=1S/C25H22N2/c1-3-10-24-18(4-2)21-15-20-19-13-8-9-14-22(19)26-23(20)16-25(21)27(24)17-11-6-5-7-12-17/h3,5-16,26H,4H2,1-2H3/b10-3-. The van der Waals surface area contributed by atoms with Gasteiger partial charge in [-0.3, -0.25) is 0 Å². The van der Waals surface area contributed by atoms with Gasteiger partial charge in [-0.25, -0.2) is 0 Å². The highest BCUT2D eigenvalue weighted by molar-refractivity contribution is 6.12. The van der Waals surface area contributed by atoms with Crippen molar-refractivity contribution in [3.63, 3.8) is 0 Å². The van der Waals surface area contributed by atoms with Crippen LogP contribution < -0.4 is 0 Å². The Morgan fingerprint density at radius 3 is 2.41 bits per heavy atom. The second kappa shape index (κ2) is 6.17. The maximum absolute atomic E-state index is 3.60. The second-order valence-electron chi connectivity index (χ2n) is 6.97. The molecule has 0 atom stereocenters. The molecule has 2 heteroatoms. The van der Waals surface area contributed by atoms with Gasteiger partial charge in [0.25, 0.3) is 0 Å². The maximum atomic E-state index is 3.60. The van der Waals surface area contributed by atoms with Crippen molar-refractivity contribution in [1.29, 1.82) is 0 Å². The summed E-state index contributed by atoms with van der Waals surface area (Å²) < 4.78 is 2.39. The zero-order valence-corrected chi connectivity index (χ0v) is 15.7. The van der Waals surface area contributed by atoms with E-state index in [-0.39, 0.29) is 0 Å².